The van der Waals surface area contributed by atoms with Crippen LogP contribution in [0.25, 0.3) is 0 Å². The van der Waals surface area contributed by atoms with E-state index in [4.69, 9.17) is 16.3 Å². The van der Waals surface area contributed by atoms with Crippen LogP contribution in [0.15, 0.2) is 73.8 Å². The lowest BCUT2D eigenvalue weighted by Gasteiger charge is -2.41. The maximum Gasteiger partial charge on any atom is 0.251 e. The zero-order chi connectivity index (χ0) is 33.2. The molecule has 0 aliphatic carbocycles. The monoisotopic (exact) mass is 665 g/mol. The number of ether oxygens (including phenoxy) is 1. The lowest BCUT2D eigenvalue weighted by molar-refractivity contribution is -0.143. The Morgan fingerprint density at radius 2 is 1.78 bits per heavy atom. The van der Waals surface area contributed by atoms with Crippen LogP contribution in [-0.2, 0) is 14.4 Å². The first-order valence-electron chi connectivity index (χ1n) is 16.1. The van der Waals surface area contributed by atoms with Crippen LogP contribution in [0, 0.1) is 17.8 Å². The van der Waals surface area contributed by atoms with E-state index < -0.39 is 28.7 Å². The number of anilines is 2. The molecule has 3 aliphatic heterocycles. The highest BCUT2D eigenvalue weighted by molar-refractivity contribution is 8.02. The zero-order valence-corrected chi connectivity index (χ0v) is 28.4. The predicted molar refractivity (Wildman–Crippen MR) is 185 cm³/mol. The van der Waals surface area contributed by atoms with E-state index in [1.54, 1.807) is 56.8 Å². The van der Waals surface area contributed by atoms with Crippen LogP contribution in [0.1, 0.15) is 40.0 Å². The van der Waals surface area contributed by atoms with Gasteiger partial charge in [-0.05, 0) is 62.1 Å². The van der Waals surface area contributed by atoms with Crippen LogP contribution >= 0.6 is 23.4 Å². The second-order valence-corrected chi connectivity index (χ2v) is 14.3. The minimum atomic E-state index is -0.890. The van der Waals surface area contributed by atoms with E-state index in [9.17, 15) is 19.5 Å². The van der Waals surface area contributed by atoms with Crippen molar-refractivity contribution in [1.82, 2.24) is 4.90 Å². The molecule has 3 aliphatic rings. The normalized spacial score (nSPS) is 25.9. The zero-order valence-electron chi connectivity index (χ0n) is 26.8. The summed E-state index contributed by atoms with van der Waals surface area (Å²) in [5, 5.41) is 11.0. The molecule has 2 unspecified atom stereocenters. The first-order valence-corrected chi connectivity index (χ1v) is 17.4. The number of carbonyl (C=O) groups excluding carboxylic acids is 3. The maximum atomic E-state index is 14.9. The lowest BCUT2D eigenvalue weighted by Crippen LogP contribution is -2.58. The van der Waals surface area contributed by atoms with E-state index in [1.807, 2.05) is 51.1 Å². The van der Waals surface area contributed by atoms with E-state index in [2.05, 4.69) is 13.2 Å². The average molecular weight is 666 g/mol. The van der Waals surface area contributed by atoms with E-state index >= 15 is 0 Å². The number of carbonyl (C=O) groups is 3. The number of amides is 3. The number of hydrogen-bond donors (Lipinski definition) is 1. The molecule has 2 aromatic rings. The number of likely N-dealkylation sites (tertiary alicyclic amines) is 1. The van der Waals surface area contributed by atoms with Gasteiger partial charge < -0.3 is 24.5 Å². The number of aliphatic hydroxyl groups is 1. The molecule has 3 fully saturated rings. The highest BCUT2D eigenvalue weighted by Crippen LogP contribution is 2.67. The van der Waals surface area contributed by atoms with E-state index in [-0.39, 0.29) is 48.6 Å². The molecule has 10 heteroatoms. The molecule has 3 heterocycles. The Morgan fingerprint density at radius 1 is 1.11 bits per heavy atom. The van der Waals surface area contributed by atoms with Crippen molar-refractivity contribution in [2.45, 2.75) is 62.1 Å². The van der Waals surface area contributed by atoms with Gasteiger partial charge in [-0.3, -0.25) is 14.4 Å². The van der Waals surface area contributed by atoms with E-state index in [0.717, 1.165) is 0 Å². The van der Waals surface area contributed by atoms with Gasteiger partial charge in [-0.2, -0.15) is 0 Å². The van der Waals surface area contributed by atoms with Crippen molar-refractivity contribution < 1.29 is 24.2 Å². The summed E-state index contributed by atoms with van der Waals surface area (Å²) in [6.45, 7) is 14.4. The lowest BCUT2D eigenvalue weighted by atomic mass is 9.70. The van der Waals surface area contributed by atoms with E-state index in [1.165, 1.54) is 0 Å². The van der Waals surface area contributed by atoms with Crippen molar-refractivity contribution in [2.75, 3.05) is 36.1 Å². The van der Waals surface area contributed by atoms with Gasteiger partial charge in [-0.15, -0.1) is 24.9 Å². The molecule has 7 atom stereocenters. The number of fused-ring (bicyclic) bond motifs is 1. The van der Waals surface area contributed by atoms with Crippen LogP contribution < -0.4 is 14.5 Å². The number of rotatable bonds is 14. The van der Waals surface area contributed by atoms with Gasteiger partial charge in [0.05, 0.1) is 46.5 Å². The van der Waals surface area contributed by atoms with Crippen molar-refractivity contribution >= 4 is 52.5 Å². The van der Waals surface area contributed by atoms with Crippen LogP contribution in [0.4, 0.5) is 11.4 Å². The van der Waals surface area contributed by atoms with Gasteiger partial charge in [-0.1, -0.05) is 56.2 Å². The third-order valence-corrected chi connectivity index (χ3v) is 12.1. The summed E-state index contributed by atoms with van der Waals surface area (Å²) in [5.74, 6) is -1.41. The van der Waals surface area contributed by atoms with Gasteiger partial charge >= 0.3 is 0 Å². The Bertz CT molecular complexity index is 1470. The molecule has 0 radical (unpaired) electrons. The Morgan fingerprint density at radius 3 is 2.39 bits per heavy atom. The van der Waals surface area contributed by atoms with Crippen molar-refractivity contribution in [3.63, 3.8) is 0 Å². The quantitative estimate of drug-likeness (QED) is 0.250. The predicted octanol–water partition coefficient (Wildman–Crippen LogP) is 5.98. The summed E-state index contributed by atoms with van der Waals surface area (Å²) >= 11 is 8.22. The molecule has 3 saturated heterocycles. The van der Waals surface area contributed by atoms with Gasteiger partial charge in [0.2, 0.25) is 11.8 Å². The molecule has 5 rings (SSSR count). The van der Waals surface area contributed by atoms with Gasteiger partial charge in [0.1, 0.15) is 11.8 Å². The molecule has 0 aromatic heterocycles. The number of aliphatic hydroxyl groups excluding tert-OH is 1. The first kappa shape index (κ1) is 34.1. The first-order chi connectivity index (χ1) is 22.2. The van der Waals surface area contributed by atoms with Gasteiger partial charge in [-0.25, -0.2) is 0 Å². The SMILES string of the molecule is C=CCN(C(=O)[C@@H]1[C@@H]2CCC3(S2)C(C(=O)N(CC=C)c2ccccc2Cl)N([C@@H](CO)[C@@H](C)CC)C(=O)[C@H]13)c1ccc(OCC)cc1. The summed E-state index contributed by atoms with van der Waals surface area (Å²) in [7, 11) is 0. The number of nitrogens with zero attached hydrogens (tertiary/aromatic N) is 3. The van der Waals surface area contributed by atoms with Crippen molar-refractivity contribution in [3.05, 3.63) is 78.9 Å². The summed E-state index contributed by atoms with van der Waals surface area (Å²) in [6.07, 6.45) is 5.35. The molecule has 46 heavy (non-hydrogen) atoms. The van der Waals surface area contributed by atoms with Crippen LogP contribution in [0.2, 0.25) is 5.02 Å². The molecule has 0 saturated carbocycles. The molecule has 1 spiro atoms. The van der Waals surface area contributed by atoms with E-state index in [0.29, 0.717) is 48.0 Å². The molecule has 2 aromatic carbocycles. The average Bonchev–Trinajstić information content (AvgIpc) is 3.71. The minimum absolute atomic E-state index is 0.0786. The molecule has 8 nitrogen and oxygen atoms in total. The summed E-state index contributed by atoms with van der Waals surface area (Å²) in [5.41, 5.74) is 1.22. The molecular weight excluding hydrogens is 622 g/mol. The number of benzene rings is 2. The van der Waals surface area contributed by atoms with Gasteiger partial charge in [0.25, 0.3) is 5.91 Å². The standard InChI is InChI=1S/C36H44ClN3O5S/c1-6-20-38(24-14-16-25(17-15-24)45-9-4)33(42)30-29-18-19-36(46-29)31(30)34(43)40(28(22-41)23(5)8-3)32(36)35(44)39(21-7-2)27-13-11-10-12-26(27)37/h6-7,10-17,23,28-32,41H,1-2,8-9,18-22H2,3-5H3/t23-,28-,29-,30+,31-,32?,36?/m0/s1. The molecular formula is C36H44ClN3O5S. The number of para-hydroxylation sites is 1. The topological polar surface area (TPSA) is 90.4 Å². The fourth-order valence-corrected chi connectivity index (χ4v) is 10.0. The number of halogens is 1. The van der Waals surface area contributed by atoms with Crippen LogP contribution in [0.5, 0.6) is 5.75 Å². The Kier molecular flexibility index (Phi) is 10.5. The van der Waals surface area contributed by atoms with Gasteiger partial charge in [0, 0.05) is 24.0 Å². The summed E-state index contributed by atoms with van der Waals surface area (Å²) in [4.78, 5) is 49.3. The fourth-order valence-electron chi connectivity index (χ4n) is 7.60. The highest BCUT2D eigenvalue weighted by atomic mass is 35.5. The van der Waals surface area contributed by atoms with Crippen LogP contribution in [0.3, 0.4) is 0 Å². The summed E-state index contributed by atoms with van der Waals surface area (Å²) < 4.78 is 4.77. The number of hydrogen-bond acceptors (Lipinski definition) is 6. The fraction of sp³-hybridized carbons (Fsp3) is 0.472. The maximum absolute atomic E-state index is 14.9. The Balaban J connectivity index is 1.60. The van der Waals surface area contributed by atoms with Crippen molar-refractivity contribution in [2.24, 2.45) is 17.8 Å². The molecule has 246 valence electrons. The third-order valence-electron chi connectivity index (χ3n) is 9.86. The Hall–Kier alpha value is -3.27. The largest absolute Gasteiger partial charge is 0.494 e. The molecule has 1 N–H and O–H groups in total. The van der Waals surface area contributed by atoms with Gasteiger partial charge in [0.15, 0.2) is 0 Å². The molecule has 2 bridgehead atoms. The second-order valence-electron chi connectivity index (χ2n) is 12.3. The highest BCUT2D eigenvalue weighted by Gasteiger charge is 2.75. The third kappa shape index (κ3) is 5.75. The van der Waals surface area contributed by atoms with Crippen molar-refractivity contribution in [1.29, 1.82) is 0 Å². The number of thioether (sulfide) groups is 1. The summed E-state index contributed by atoms with van der Waals surface area (Å²) in [6, 6.07) is 13.0. The molecule has 3 amide bonds. The Labute approximate surface area is 281 Å². The minimum Gasteiger partial charge on any atom is -0.494 e. The van der Waals surface area contributed by atoms with Crippen molar-refractivity contribution in [3.8, 4) is 5.75 Å². The smallest absolute Gasteiger partial charge is 0.251 e. The second kappa shape index (κ2) is 14.2. The van der Waals surface area contributed by atoms with Crippen LogP contribution in [-0.4, -0.2) is 76.1 Å².